The number of rotatable bonds is 10. The number of carbonyl (C=O) groups is 3. The van der Waals surface area contributed by atoms with Gasteiger partial charge in [-0.05, 0) is 43.7 Å². The van der Waals surface area contributed by atoms with Crippen molar-refractivity contribution in [1.82, 2.24) is 4.90 Å². The van der Waals surface area contributed by atoms with E-state index in [2.05, 4.69) is 5.32 Å². The first-order valence-electron chi connectivity index (χ1n) is 12.6. The average Bonchev–Trinajstić information content (AvgIpc) is 3.11. The molecule has 1 aliphatic carbocycles. The maximum absolute atomic E-state index is 14.0. The van der Waals surface area contributed by atoms with Gasteiger partial charge in [-0.2, -0.15) is 0 Å². The molecule has 7 nitrogen and oxygen atoms in total. The molecule has 2 N–H and O–H groups in total. The van der Waals surface area contributed by atoms with E-state index in [0.717, 1.165) is 12.8 Å². The number of hydrogen-bond acceptors (Lipinski definition) is 5. The maximum atomic E-state index is 14.0. The van der Waals surface area contributed by atoms with Crippen molar-refractivity contribution in [3.05, 3.63) is 41.4 Å². The lowest BCUT2D eigenvalue weighted by Crippen LogP contribution is -2.51. The molecule has 2 amide bonds. The van der Waals surface area contributed by atoms with Crippen LogP contribution in [-0.2, 0) is 19.1 Å². The number of esters is 1. The molecule has 0 spiro atoms. The smallest absolute Gasteiger partial charge is 0.310 e. The summed E-state index contributed by atoms with van der Waals surface area (Å²) in [6, 6.07) is 5.49. The third kappa shape index (κ3) is 5.72. The standard InChI is InChI=1S/C27H37ClN2O5/c1-5-9-17-12-13-19-23(22(17)27(34)35-6-2)26(33)30(18(15-31)14-16(3)4)24(19)25(32)29-21-11-8-7-10-20(21)28/h7-8,10-13,16-19,22-24,31H,5-6,9,14-15H2,1-4H3,(H,29,32)/t17-,18-,19+,22-,23+,24+/m1/s1. The van der Waals surface area contributed by atoms with Crippen LogP contribution in [0.1, 0.15) is 47.0 Å². The van der Waals surface area contributed by atoms with Crippen LogP contribution in [0, 0.1) is 29.6 Å². The highest BCUT2D eigenvalue weighted by molar-refractivity contribution is 6.33. The summed E-state index contributed by atoms with van der Waals surface area (Å²) in [4.78, 5) is 42.3. The van der Waals surface area contributed by atoms with Crippen LogP contribution < -0.4 is 5.32 Å². The Morgan fingerprint density at radius 2 is 1.91 bits per heavy atom. The summed E-state index contributed by atoms with van der Waals surface area (Å²) in [6.07, 6.45) is 6.00. The Balaban J connectivity index is 2.06. The molecule has 1 aromatic rings. The molecule has 192 valence electrons. The van der Waals surface area contributed by atoms with Crippen molar-refractivity contribution < 1.29 is 24.2 Å². The number of allylic oxidation sites excluding steroid dienone is 1. The molecular formula is C27H37ClN2O5. The van der Waals surface area contributed by atoms with Gasteiger partial charge in [-0.25, -0.2) is 0 Å². The molecule has 3 rings (SSSR count). The number of hydrogen-bond donors (Lipinski definition) is 2. The molecule has 0 unspecified atom stereocenters. The predicted molar refractivity (Wildman–Crippen MR) is 136 cm³/mol. The van der Waals surface area contributed by atoms with Crippen LogP contribution in [0.15, 0.2) is 36.4 Å². The summed E-state index contributed by atoms with van der Waals surface area (Å²) >= 11 is 6.28. The first kappa shape index (κ1) is 27.2. The molecule has 8 heteroatoms. The van der Waals surface area contributed by atoms with Crippen LogP contribution >= 0.6 is 11.6 Å². The number of aliphatic hydroxyl groups excluding tert-OH is 1. The molecule has 1 heterocycles. The van der Waals surface area contributed by atoms with Crippen LogP contribution in [0.25, 0.3) is 0 Å². The fourth-order valence-electron chi connectivity index (χ4n) is 5.60. The normalized spacial score (nSPS) is 26.5. The van der Waals surface area contributed by atoms with E-state index in [9.17, 15) is 19.5 Å². The van der Waals surface area contributed by atoms with E-state index in [1.54, 1.807) is 31.2 Å². The third-order valence-corrected chi connectivity index (χ3v) is 7.31. The van der Waals surface area contributed by atoms with Crippen molar-refractivity contribution >= 4 is 35.1 Å². The van der Waals surface area contributed by atoms with Gasteiger partial charge in [-0.1, -0.05) is 63.1 Å². The highest BCUT2D eigenvalue weighted by Gasteiger charge is 2.58. The lowest BCUT2D eigenvalue weighted by molar-refractivity contribution is -0.156. The Kier molecular flexibility index (Phi) is 9.36. The minimum absolute atomic E-state index is 0.144. The van der Waals surface area contributed by atoms with Crippen molar-refractivity contribution in [3.8, 4) is 0 Å². The quantitative estimate of drug-likeness (QED) is 0.366. The Morgan fingerprint density at radius 1 is 1.20 bits per heavy atom. The largest absolute Gasteiger partial charge is 0.466 e. The number of anilines is 1. The Labute approximate surface area is 212 Å². The second kappa shape index (κ2) is 12.0. The van der Waals surface area contributed by atoms with Gasteiger partial charge in [0.1, 0.15) is 6.04 Å². The van der Waals surface area contributed by atoms with Gasteiger partial charge in [-0.3, -0.25) is 14.4 Å². The summed E-state index contributed by atoms with van der Waals surface area (Å²) in [5.74, 6) is -2.94. The Morgan fingerprint density at radius 3 is 2.51 bits per heavy atom. The van der Waals surface area contributed by atoms with E-state index >= 15 is 0 Å². The first-order valence-corrected chi connectivity index (χ1v) is 13.0. The van der Waals surface area contributed by atoms with E-state index in [4.69, 9.17) is 16.3 Å². The van der Waals surface area contributed by atoms with Crippen LogP contribution in [-0.4, -0.2) is 53.1 Å². The lowest BCUT2D eigenvalue weighted by Gasteiger charge is -2.34. The molecule has 1 aromatic carbocycles. The lowest BCUT2D eigenvalue weighted by atomic mass is 9.69. The number of benzene rings is 1. The molecule has 35 heavy (non-hydrogen) atoms. The van der Waals surface area contributed by atoms with Crippen molar-refractivity contribution in [3.63, 3.8) is 0 Å². The number of ether oxygens (including phenoxy) is 1. The highest BCUT2D eigenvalue weighted by atomic mass is 35.5. The van der Waals surface area contributed by atoms with Crippen LogP contribution in [0.2, 0.25) is 5.02 Å². The van der Waals surface area contributed by atoms with Crippen molar-refractivity contribution in [2.75, 3.05) is 18.5 Å². The van der Waals surface area contributed by atoms with E-state index in [-0.39, 0.29) is 36.9 Å². The minimum Gasteiger partial charge on any atom is -0.466 e. The molecule has 1 saturated heterocycles. The summed E-state index contributed by atoms with van der Waals surface area (Å²) in [6.45, 7) is 7.74. The first-order chi connectivity index (χ1) is 16.7. The van der Waals surface area contributed by atoms with Crippen molar-refractivity contribution in [2.24, 2.45) is 29.6 Å². The average molecular weight is 505 g/mol. The zero-order valence-corrected chi connectivity index (χ0v) is 21.7. The summed E-state index contributed by atoms with van der Waals surface area (Å²) in [7, 11) is 0. The van der Waals surface area contributed by atoms with Gasteiger partial charge in [0.15, 0.2) is 0 Å². The van der Waals surface area contributed by atoms with Crippen LogP contribution in [0.3, 0.4) is 0 Å². The number of aliphatic hydroxyl groups is 1. The number of likely N-dealkylation sites (tertiary alicyclic amines) is 1. The monoisotopic (exact) mass is 504 g/mol. The Hall–Kier alpha value is -2.38. The summed E-state index contributed by atoms with van der Waals surface area (Å²) in [5.41, 5.74) is 0.449. The van der Waals surface area contributed by atoms with Gasteiger partial charge in [0.2, 0.25) is 11.8 Å². The molecule has 0 aromatic heterocycles. The SMILES string of the molecule is CCC[C@@H]1C=C[C@H]2[C@H](C(=O)N([C@@H](CO)CC(C)C)[C@@H]2C(=O)Nc2ccccc2Cl)[C@@H]1C(=O)OCC. The van der Waals surface area contributed by atoms with Crippen molar-refractivity contribution in [1.29, 1.82) is 0 Å². The second-order valence-corrected chi connectivity index (χ2v) is 10.3. The minimum atomic E-state index is -0.879. The second-order valence-electron chi connectivity index (χ2n) is 9.84. The maximum Gasteiger partial charge on any atom is 0.310 e. The van der Waals surface area contributed by atoms with Crippen LogP contribution in [0.5, 0.6) is 0 Å². The van der Waals surface area contributed by atoms with Crippen molar-refractivity contribution in [2.45, 2.75) is 59.0 Å². The molecule has 2 aliphatic rings. The van der Waals surface area contributed by atoms with E-state index in [1.165, 1.54) is 4.90 Å². The zero-order valence-electron chi connectivity index (χ0n) is 20.9. The molecule has 0 radical (unpaired) electrons. The highest BCUT2D eigenvalue weighted by Crippen LogP contribution is 2.47. The third-order valence-electron chi connectivity index (χ3n) is 6.98. The zero-order chi connectivity index (χ0) is 25.7. The number of para-hydroxylation sites is 1. The number of nitrogens with zero attached hydrogens (tertiary/aromatic N) is 1. The topological polar surface area (TPSA) is 95.9 Å². The molecule has 0 saturated carbocycles. The molecule has 0 bridgehead atoms. The van der Waals surface area contributed by atoms with E-state index < -0.39 is 35.8 Å². The van der Waals surface area contributed by atoms with E-state index in [1.807, 2.05) is 32.9 Å². The van der Waals surface area contributed by atoms with Gasteiger partial charge in [0, 0.05) is 5.92 Å². The predicted octanol–water partition coefficient (Wildman–Crippen LogP) is 4.29. The summed E-state index contributed by atoms with van der Waals surface area (Å²) < 4.78 is 5.40. The number of nitrogens with one attached hydrogen (secondary N) is 1. The van der Waals surface area contributed by atoms with Gasteiger partial charge >= 0.3 is 5.97 Å². The van der Waals surface area contributed by atoms with Gasteiger partial charge in [0.25, 0.3) is 0 Å². The number of halogens is 1. The fraction of sp³-hybridized carbons (Fsp3) is 0.593. The van der Waals surface area contributed by atoms with E-state index in [0.29, 0.717) is 17.1 Å². The number of amides is 2. The molecule has 1 aliphatic heterocycles. The van der Waals surface area contributed by atoms with Gasteiger partial charge < -0.3 is 20.1 Å². The van der Waals surface area contributed by atoms with Gasteiger partial charge in [0.05, 0.1) is 41.8 Å². The Bertz CT molecular complexity index is 949. The van der Waals surface area contributed by atoms with Crippen LogP contribution in [0.4, 0.5) is 5.69 Å². The van der Waals surface area contributed by atoms with Gasteiger partial charge in [-0.15, -0.1) is 0 Å². The molecular weight excluding hydrogens is 468 g/mol. The molecule has 1 fully saturated rings. The fourth-order valence-corrected chi connectivity index (χ4v) is 5.78. The number of fused-ring (bicyclic) bond motifs is 1. The molecule has 6 atom stereocenters. The number of carbonyl (C=O) groups excluding carboxylic acids is 3. The summed E-state index contributed by atoms with van der Waals surface area (Å²) in [5, 5.41) is 13.5.